The van der Waals surface area contributed by atoms with Crippen LogP contribution < -0.4 is 5.32 Å². The zero-order chi connectivity index (χ0) is 17.9. The number of benzene rings is 1. The molecular formula is C19H22N4O2S. The Morgan fingerprint density at radius 1 is 1.46 bits per heavy atom. The zero-order valence-electron chi connectivity index (χ0n) is 14.7. The third kappa shape index (κ3) is 3.89. The number of thiophene rings is 1. The predicted octanol–water partition coefficient (Wildman–Crippen LogP) is 4.15. The van der Waals surface area contributed by atoms with Crippen molar-refractivity contribution in [3.8, 4) is 0 Å². The van der Waals surface area contributed by atoms with Crippen LogP contribution >= 0.6 is 11.3 Å². The summed E-state index contributed by atoms with van der Waals surface area (Å²) in [5, 5.41) is 7.13. The van der Waals surface area contributed by atoms with Crippen molar-refractivity contribution in [2.75, 3.05) is 18.5 Å². The second kappa shape index (κ2) is 7.47. The van der Waals surface area contributed by atoms with Gasteiger partial charge in [0, 0.05) is 25.4 Å². The maximum atomic E-state index is 12.9. The molecule has 2 N–H and O–H groups in total. The number of urea groups is 1. The number of aromatic nitrogens is 2. The minimum Gasteiger partial charge on any atom is -0.376 e. The lowest BCUT2D eigenvalue weighted by molar-refractivity contribution is 0.0819. The molecule has 1 unspecified atom stereocenters. The molecule has 1 atom stereocenters. The van der Waals surface area contributed by atoms with Crippen molar-refractivity contribution in [2.24, 2.45) is 0 Å². The third-order valence-electron chi connectivity index (χ3n) is 4.54. The van der Waals surface area contributed by atoms with Crippen LogP contribution in [0.4, 0.5) is 10.5 Å². The summed E-state index contributed by atoms with van der Waals surface area (Å²) in [6, 6.07) is 7.66. The van der Waals surface area contributed by atoms with Crippen molar-refractivity contribution in [1.82, 2.24) is 14.9 Å². The minimum atomic E-state index is -0.109. The molecule has 1 aliphatic rings. The number of carbonyl (C=O) groups is 1. The normalized spacial score (nSPS) is 16.9. The summed E-state index contributed by atoms with van der Waals surface area (Å²) in [6.07, 6.45) is 2.19. The standard InChI is InChI=1S/C19H22N4O2S/c1-13-20-17-5-4-15(9-18(17)21-13)22-19(24)23(10-14-6-8-26-12-14)11-16-3-2-7-25-16/h4-6,8-9,12,16H,2-3,7,10-11H2,1H3,(H,20,21)(H,22,24). The number of ether oxygens (including phenoxy) is 1. The van der Waals surface area contributed by atoms with E-state index in [-0.39, 0.29) is 12.1 Å². The van der Waals surface area contributed by atoms with E-state index in [0.29, 0.717) is 13.1 Å². The summed E-state index contributed by atoms with van der Waals surface area (Å²) in [5.74, 6) is 0.862. The molecule has 26 heavy (non-hydrogen) atoms. The van der Waals surface area contributed by atoms with Crippen LogP contribution in [0.25, 0.3) is 11.0 Å². The number of amides is 2. The molecule has 0 radical (unpaired) electrons. The Bertz CT molecular complexity index is 884. The van der Waals surface area contributed by atoms with Gasteiger partial charge in [-0.05, 0) is 60.4 Å². The van der Waals surface area contributed by atoms with Crippen LogP contribution in [0.5, 0.6) is 0 Å². The summed E-state index contributed by atoms with van der Waals surface area (Å²) in [7, 11) is 0. The Labute approximate surface area is 156 Å². The lowest BCUT2D eigenvalue weighted by Crippen LogP contribution is -2.39. The highest BCUT2D eigenvalue weighted by Gasteiger charge is 2.23. The van der Waals surface area contributed by atoms with Crippen LogP contribution in [0, 0.1) is 6.92 Å². The van der Waals surface area contributed by atoms with Gasteiger partial charge in [0.1, 0.15) is 5.82 Å². The first kappa shape index (κ1) is 17.1. The number of H-pyrrole nitrogens is 1. The number of carbonyl (C=O) groups excluding carboxylic acids is 1. The molecule has 3 heterocycles. The number of aromatic amines is 1. The first-order valence-electron chi connectivity index (χ1n) is 8.82. The number of hydrogen-bond donors (Lipinski definition) is 2. The monoisotopic (exact) mass is 370 g/mol. The quantitative estimate of drug-likeness (QED) is 0.709. The van der Waals surface area contributed by atoms with Gasteiger partial charge in [-0.25, -0.2) is 9.78 Å². The molecule has 3 aromatic rings. The smallest absolute Gasteiger partial charge is 0.322 e. The van der Waals surface area contributed by atoms with Crippen molar-refractivity contribution >= 4 is 34.1 Å². The average Bonchev–Trinajstić information content (AvgIpc) is 3.35. The number of imidazole rings is 1. The second-order valence-electron chi connectivity index (χ2n) is 6.63. The molecule has 0 bridgehead atoms. The highest BCUT2D eigenvalue weighted by molar-refractivity contribution is 7.07. The first-order chi connectivity index (χ1) is 12.7. The number of hydrogen-bond acceptors (Lipinski definition) is 4. The molecule has 6 nitrogen and oxygen atoms in total. The molecule has 1 aromatic carbocycles. The number of fused-ring (bicyclic) bond motifs is 1. The number of nitrogens with one attached hydrogen (secondary N) is 2. The van der Waals surface area contributed by atoms with E-state index in [9.17, 15) is 4.79 Å². The van der Waals surface area contributed by atoms with Crippen LogP contribution in [-0.4, -0.2) is 40.2 Å². The lowest BCUT2D eigenvalue weighted by atomic mass is 10.2. The molecule has 0 aliphatic carbocycles. The molecule has 2 aromatic heterocycles. The molecular weight excluding hydrogens is 348 g/mol. The van der Waals surface area contributed by atoms with E-state index < -0.39 is 0 Å². The molecule has 0 saturated carbocycles. The Kier molecular flexibility index (Phi) is 4.90. The van der Waals surface area contributed by atoms with Gasteiger partial charge in [0.15, 0.2) is 0 Å². The fraction of sp³-hybridized carbons (Fsp3) is 0.368. The SMILES string of the molecule is Cc1nc2ccc(NC(=O)N(Cc3ccsc3)CC3CCCO3)cc2[nH]1. The van der Waals surface area contributed by atoms with E-state index in [1.54, 1.807) is 11.3 Å². The molecule has 136 valence electrons. The fourth-order valence-electron chi connectivity index (χ4n) is 3.27. The predicted molar refractivity (Wildman–Crippen MR) is 104 cm³/mol. The minimum absolute atomic E-state index is 0.109. The summed E-state index contributed by atoms with van der Waals surface area (Å²) in [6.45, 7) is 3.89. The maximum absolute atomic E-state index is 12.9. The summed E-state index contributed by atoms with van der Waals surface area (Å²) < 4.78 is 5.73. The highest BCUT2D eigenvalue weighted by Crippen LogP contribution is 2.20. The zero-order valence-corrected chi connectivity index (χ0v) is 15.5. The number of anilines is 1. The van der Waals surface area contributed by atoms with Crippen molar-refractivity contribution in [3.05, 3.63) is 46.4 Å². The van der Waals surface area contributed by atoms with Gasteiger partial charge in [-0.1, -0.05) is 0 Å². The van der Waals surface area contributed by atoms with E-state index in [1.807, 2.05) is 35.4 Å². The summed E-state index contributed by atoms with van der Waals surface area (Å²) >= 11 is 1.64. The molecule has 1 aliphatic heterocycles. The van der Waals surface area contributed by atoms with Crippen molar-refractivity contribution in [2.45, 2.75) is 32.4 Å². The van der Waals surface area contributed by atoms with Gasteiger partial charge in [-0.15, -0.1) is 0 Å². The largest absolute Gasteiger partial charge is 0.376 e. The molecule has 2 amide bonds. The van der Waals surface area contributed by atoms with Gasteiger partial charge in [0.2, 0.25) is 0 Å². The van der Waals surface area contributed by atoms with Crippen molar-refractivity contribution < 1.29 is 9.53 Å². The highest BCUT2D eigenvalue weighted by atomic mass is 32.1. The Morgan fingerprint density at radius 2 is 2.38 bits per heavy atom. The van der Waals surface area contributed by atoms with Gasteiger partial charge in [0.25, 0.3) is 0 Å². The van der Waals surface area contributed by atoms with E-state index in [0.717, 1.165) is 47.6 Å². The third-order valence-corrected chi connectivity index (χ3v) is 5.27. The van der Waals surface area contributed by atoms with E-state index in [1.165, 1.54) is 0 Å². The van der Waals surface area contributed by atoms with Gasteiger partial charge >= 0.3 is 6.03 Å². The van der Waals surface area contributed by atoms with Gasteiger partial charge in [-0.3, -0.25) is 0 Å². The van der Waals surface area contributed by atoms with E-state index >= 15 is 0 Å². The molecule has 1 saturated heterocycles. The van der Waals surface area contributed by atoms with Crippen LogP contribution in [-0.2, 0) is 11.3 Å². The molecule has 0 spiro atoms. The number of rotatable bonds is 5. The van der Waals surface area contributed by atoms with Crippen LogP contribution in [0.3, 0.4) is 0 Å². The topological polar surface area (TPSA) is 70.2 Å². The lowest BCUT2D eigenvalue weighted by Gasteiger charge is -2.25. The fourth-order valence-corrected chi connectivity index (χ4v) is 3.93. The Morgan fingerprint density at radius 3 is 3.15 bits per heavy atom. The number of aryl methyl sites for hydroxylation is 1. The maximum Gasteiger partial charge on any atom is 0.322 e. The van der Waals surface area contributed by atoms with Crippen LogP contribution in [0.2, 0.25) is 0 Å². The summed E-state index contributed by atoms with van der Waals surface area (Å²) in [4.78, 5) is 22.3. The molecule has 7 heteroatoms. The van der Waals surface area contributed by atoms with E-state index in [4.69, 9.17) is 4.74 Å². The van der Waals surface area contributed by atoms with Crippen molar-refractivity contribution in [3.63, 3.8) is 0 Å². The van der Waals surface area contributed by atoms with Gasteiger partial charge in [-0.2, -0.15) is 11.3 Å². The molecule has 4 rings (SSSR count). The van der Waals surface area contributed by atoms with Crippen LogP contribution in [0.1, 0.15) is 24.2 Å². The Hall–Kier alpha value is -2.38. The Balaban J connectivity index is 1.49. The van der Waals surface area contributed by atoms with E-state index in [2.05, 4.69) is 26.7 Å². The summed E-state index contributed by atoms with van der Waals surface area (Å²) in [5.41, 5.74) is 3.72. The van der Waals surface area contributed by atoms with Crippen LogP contribution in [0.15, 0.2) is 35.0 Å². The first-order valence-corrected chi connectivity index (χ1v) is 9.76. The average molecular weight is 370 g/mol. The second-order valence-corrected chi connectivity index (χ2v) is 7.41. The number of nitrogens with zero attached hydrogens (tertiary/aromatic N) is 2. The van der Waals surface area contributed by atoms with Gasteiger partial charge < -0.3 is 19.9 Å². The van der Waals surface area contributed by atoms with Gasteiger partial charge in [0.05, 0.1) is 17.1 Å². The van der Waals surface area contributed by atoms with Crippen molar-refractivity contribution in [1.29, 1.82) is 0 Å². The molecule has 1 fully saturated rings.